The Balaban J connectivity index is 2.54. The van der Waals surface area contributed by atoms with E-state index in [9.17, 15) is 4.79 Å². The van der Waals surface area contributed by atoms with Crippen molar-refractivity contribution >= 4 is 5.78 Å². The summed E-state index contributed by atoms with van der Waals surface area (Å²) in [6.45, 7) is 10.0. The molecule has 1 fully saturated rings. The first-order chi connectivity index (χ1) is 7.88. The molecular formula is C14H22O3. The lowest BCUT2D eigenvalue weighted by molar-refractivity contribution is -0.121. The highest BCUT2D eigenvalue weighted by Gasteiger charge is 2.54. The summed E-state index contributed by atoms with van der Waals surface area (Å²) in [5.74, 6) is 0.154. The molecule has 0 saturated carbocycles. The van der Waals surface area contributed by atoms with E-state index in [1.54, 1.807) is 7.11 Å². The summed E-state index contributed by atoms with van der Waals surface area (Å²) in [5, 5.41) is 0. The fourth-order valence-corrected chi connectivity index (χ4v) is 1.73. The molecule has 1 heterocycles. The maximum atomic E-state index is 11.7. The first-order valence-corrected chi connectivity index (χ1v) is 5.91. The highest BCUT2D eigenvalue weighted by atomic mass is 16.6. The lowest BCUT2D eigenvalue weighted by Crippen LogP contribution is -2.30. The standard InChI is InChI=1S/C14H22O3/c1-6-12(15)14(10-17-14)11(2)8-7-9-13(3,4)16-5/h6-7,9,11H,1,8,10H2,2-5H3/b9-7+/t11-,14-/m0/s1. The number of methoxy groups -OCH3 is 1. The SMILES string of the molecule is C=CC(=O)[C@@]1([C@@H](C)C/C=C/C(C)(C)OC)CO1. The monoisotopic (exact) mass is 238 g/mol. The maximum Gasteiger partial charge on any atom is 0.189 e. The van der Waals surface area contributed by atoms with Crippen LogP contribution in [-0.4, -0.2) is 30.7 Å². The van der Waals surface area contributed by atoms with E-state index in [4.69, 9.17) is 9.47 Å². The van der Waals surface area contributed by atoms with Crippen LogP contribution in [0.1, 0.15) is 27.2 Å². The number of carbonyl (C=O) groups is 1. The Morgan fingerprint density at radius 2 is 2.24 bits per heavy atom. The zero-order valence-electron chi connectivity index (χ0n) is 11.2. The van der Waals surface area contributed by atoms with Crippen LogP contribution in [0.2, 0.25) is 0 Å². The summed E-state index contributed by atoms with van der Waals surface area (Å²) in [5.41, 5.74) is -0.872. The largest absolute Gasteiger partial charge is 0.375 e. The van der Waals surface area contributed by atoms with Gasteiger partial charge in [-0.1, -0.05) is 25.7 Å². The van der Waals surface area contributed by atoms with Crippen LogP contribution < -0.4 is 0 Å². The molecule has 2 atom stereocenters. The summed E-state index contributed by atoms with van der Waals surface area (Å²) in [6, 6.07) is 0. The highest BCUT2D eigenvalue weighted by molar-refractivity contribution is 5.98. The Bertz CT molecular complexity index is 324. The molecule has 1 aliphatic rings. The van der Waals surface area contributed by atoms with Gasteiger partial charge in [0.2, 0.25) is 0 Å². The quantitative estimate of drug-likeness (QED) is 0.388. The first-order valence-electron chi connectivity index (χ1n) is 5.91. The number of allylic oxidation sites excluding steroid dienone is 1. The minimum atomic E-state index is -0.608. The van der Waals surface area contributed by atoms with E-state index < -0.39 is 5.60 Å². The van der Waals surface area contributed by atoms with Crippen molar-refractivity contribution in [3.8, 4) is 0 Å². The molecular weight excluding hydrogens is 216 g/mol. The number of hydrogen-bond acceptors (Lipinski definition) is 3. The van der Waals surface area contributed by atoms with Crippen LogP contribution in [0.3, 0.4) is 0 Å². The number of rotatable bonds is 7. The molecule has 1 saturated heterocycles. The van der Waals surface area contributed by atoms with Gasteiger partial charge in [-0.15, -0.1) is 0 Å². The van der Waals surface area contributed by atoms with Gasteiger partial charge in [-0.25, -0.2) is 0 Å². The van der Waals surface area contributed by atoms with E-state index in [0.717, 1.165) is 6.42 Å². The molecule has 17 heavy (non-hydrogen) atoms. The van der Waals surface area contributed by atoms with Crippen molar-refractivity contribution in [3.63, 3.8) is 0 Å². The van der Waals surface area contributed by atoms with Gasteiger partial charge in [-0.2, -0.15) is 0 Å². The van der Waals surface area contributed by atoms with E-state index >= 15 is 0 Å². The Labute approximate surface area is 103 Å². The zero-order valence-corrected chi connectivity index (χ0v) is 11.2. The third kappa shape index (κ3) is 3.27. The molecule has 0 aromatic heterocycles. The average Bonchev–Trinajstić information content (AvgIpc) is 3.09. The fraction of sp³-hybridized carbons (Fsp3) is 0.643. The van der Waals surface area contributed by atoms with Gasteiger partial charge in [0.05, 0.1) is 12.2 Å². The Morgan fingerprint density at radius 3 is 2.65 bits per heavy atom. The van der Waals surface area contributed by atoms with Gasteiger partial charge in [0.1, 0.15) is 0 Å². The summed E-state index contributed by atoms with van der Waals surface area (Å²) < 4.78 is 10.6. The van der Waals surface area contributed by atoms with Crippen molar-refractivity contribution in [2.45, 2.75) is 38.4 Å². The summed E-state index contributed by atoms with van der Waals surface area (Å²) in [7, 11) is 1.68. The smallest absolute Gasteiger partial charge is 0.189 e. The van der Waals surface area contributed by atoms with E-state index in [1.807, 2.05) is 32.9 Å². The molecule has 1 aliphatic heterocycles. The van der Waals surface area contributed by atoms with Crippen molar-refractivity contribution < 1.29 is 14.3 Å². The van der Waals surface area contributed by atoms with Gasteiger partial charge in [0.25, 0.3) is 0 Å². The molecule has 0 bridgehead atoms. The van der Waals surface area contributed by atoms with Crippen LogP contribution >= 0.6 is 0 Å². The highest BCUT2D eigenvalue weighted by Crippen LogP contribution is 2.38. The molecule has 0 N–H and O–H groups in total. The fourth-order valence-electron chi connectivity index (χ4n) is 1.73. The van der Waals surface area contributed by atoms with Crippen molar-refractivity contribution in [3.05, 3.63) is 24.8 Å². The predicted molar refractivity (Wildman–Crippen MR) is 67.9 cm³/mol. The van der Waals surface area contributed by atoms with Crippen molar-refractivity contribution in [2.24, 2.45) is 5.92 Å². The van der Waals surface area contributed by atoms with Gasteiger partial charge in [0.15, 0.2) is 11.4 Å². The van der Waals surface area contributed by atoms with Crippen LogP contribution in [0.15, 0.2) is 24.8 Å². The van der Waals surface area contributed by atoms with Crippen LogP contribution in [0.4, 0.5) is 0 Å². The second-order valence-corrected chi connectivity index (χ2v) is 5.09. The van der Waals surface area contributed by atoms with E-state index in [2.05, 4.69) is 6.58 Å². The second-order valence-electron chi connectivity index (χ2n) is 5.09. The predicted octanol–water partition coefficient (Wildman–Crippen LogP) is 2.52. The average molecular weight is 238 g/mol. The minimum Gasteiger partial charge on any atom is -0.375 e. The van der Waals surface area contributed by atoms with Crippen LogP contribution in [0, 0.1) is 5.92 Å². The van der Waals surface area contributed by atoms with Gasteiger partial charge in [0, 0.05) is 7.11 Å². The zero-order chi connectivity index (χ0) is 13.1. The second kappa shape index (κ2) is 5.15. The van der Waals surface area contributed by atoms with Crippen molar-refractivity contribution in [2.75, 3.05) is 13.7 Å². The number of hydrogen-bond donors (Lipinski definition) is 0. The van der Waals surface area contributed by atoms with E-state index in [1.165, 1.54) is 6.08 Å². The molecule has 3 heteroatoms. The van der Waals surface area contributed by atoms with Gasteiger partial charge >= 0.3 is 0 Å². The van der Waals surface area contributed by atoms with Crippen molar-refractivity contribution in [1.29, 1.82) is 0 Å². The molecule has 0 spiro atoms. The van der Waals surface area contributed by atoms with Gasteiger partial charge in [-0.05, 0) is 32.3 Å². The molecule has 96 valence electrons. The number of epoxide rings is 1. The Kier molecular flexibility index (Phi) is 4.28. The van der Waals surface area contributed by atoms with Gasteiger partial charge < -0.3 is 9.47 Å². The molecule has 1 rings (SSSR count). The lowest BCUT2D eigenvalue weighted by atomic mass is 9.87. The molecule has 0 amide bonds. The normalized spacial score (nSPS) is 25.9. The first kappa shape index (κ1) is 14.1. The summed E-state index contributed by atoms with van der Waals surface area (Å²) in [4.78, 5) is 11.7. The minimum absolute atomic E-state index is 0.00981. The van der Waals surface area contributed by atoms with Gasteiger partial charge in [-0.3, -0.25) is 4.79 Å². The summed E-state index contributed by atoms with van der Waals surface area (Å²) in [6.07, 6.45) is 6.21. The Hall–Kier alpha value is -0.930. The molecule has 0 aromatic carbocycles. The molecule has 0 radical (unpaired) electrons. The van der Waals surface area contributed by atoms with Crippen LogP contribution in [-0.2, 0) is 14.3 Å². The molecule has 0 aromatic rings. The van der Waals surface area contributed by atoms with E-state index in [-0.39, 0.29) is 17.3 Å². The van der Waals surface area contributed by atoms with Crippen LogP contribution in [0.25, 0.3) is 0 Å². The molecule has 3 nitrogen and oxygen atoms in total. The molecule has 0 unspecified atom stereocenters. The van der Waals surface area contributed by atoms with E-state index in [0.29, 0.717) is 6.61 Å². The topological polar surface area (TPSA) is 38.8 Å². The lowest BCUT2D eigenvalue weighted by Gasteiger charge is -2.19. The summed E-state index contributed by atoms with van der Waals surface area (Å²) >= 11 is 0. The number of carbonyl (C=O) groups excluding carboxylic acids is 1. The maximum absolute atomic E-state index is 11.7. The third-order valence-corrected chi connectivity index (χ3v) is 3.39. The molecule has 0 aliphatic carbocycles. The van der Waals surface area contributed by atoms with Crippen LogP contribution in [0.5, 0.6) is 0 Å². The Morgan fingerprint density at radius 1 is 1.65 bits per heavy atom. The third-order valence-electron chi connectivity index (χ3n) is 3.39. The van der Waals surface area contributed by atoms with Crippen molar-refractivity contribution in [1.82, 2.24) is 0 Å². The number of ketones is 1. The number of ether oxygens (including phenoxy) is 2.